The maximum Gasteiger partial charge on any atom is 0.327 e. The van der Waals surface area contributed by atoms with Crippen LogP contribution in [0, 0.1) is 11.3 Å². The zero-order valence-corrected chi connectivity index (χ0v) is 17.7. The van der Waals surface area contributed by atoms with Gasteiger partial charge < -0.3 is 9.80 Å². The highest BCUT2D eigenvalue weighted by atomic mass is 16.2. The summed E-state index contributed by atoms with van der Waals surface area (Å²) in [5, 5.41) is 0. The molecule has 2 heterocycles. The number of amides is 4. The molecule has 2 saturated heterocycles. The molecule has 156 valence electrons. The Bertz CT molecular complexity index is 808. The second-order valence-electron chi connectivity index (χ2n) is 9.55. The lowest BCUT2D eigenvalue weighted by Crippen LogP contribution is -2.58. The molecule has 0 aromatic heterocycles. The van der Waals surface area contributed by atoms with Crippen LogP contribution in [0.3, 0.4) is 0 Å². The summed E-state index contributed by atoms with van der Waals surface area (Å²) in [5.41, 5.74) is -0.0565. The molecule has 2 aliphatic heterocycles. The predicted octanol–water partition coefficient (Wildman–Crippen LogP) is 3.27. The minimum absolute atomic E-state index is 0.100. The fraction of sp³-hybridized carbons (Fsp3) is 0.609. The predicted molar refractivity (Wildman–Crippen MR) is 110 cm³/mol. The molecule has 0 unspecified atom stereocenters. The SMILES string of the molecule is CC(C)CN1C(=O)N(Cc2ccccc2)C(=O)C12CCN(C(=O)C1(C)CC1)CC2. The molecule has 1 aromatic rings. The minimum atomic E-state index is -0.808. The first-order chi connectivity index (χ1) is 13.8. The van der Waals surface area contributed by atoms with Gasteiger partial charge in [-0.25, -0.2) is 4.79 Å². The normalized spacial score (nSPS) is 22.7. The highest BCUT2D eigenvalue weighted by Gasteiger charge is 2.59. The standard InChI is InChI=1S/C23H31N3O3/c1-17(2)15-26-21(29)25(16-18-7-5-4-6-8-18)20(28)23(26)11-13-24(14-12-23)19(27)22(3)9-10-22/h4-8,17H,9-16H2,1-3H3. The van der Waals surface area contributed by atoms with Crippen LogP contribution in [0.4, 0.5) is 4.79 Å². The van der Waals surface area contributed by atoms with Crippen LogP contribution < -0.4 is 0 Å². The third kappa shape index (κ3) is 3.43. The van der Waals surface area contributed by atoms with Gasteiger partial charge in [0.2, 0.25) is 5.91 Å². The van der Waals surface area contributed by atoms with Crippen molar-refractivity contribution in [3.63, 3.8) is 0 Å². The van der Waals surface area contributed by atoms with Gasteiger partial charge in [0.1, 0.15) is 5.54 Å². The van der Waals surface area contributed by atoms with Crippen molar-refractivity contribution in [1.82, 2.24) is 14.7 Å². The second-order valence-corrected chi connectivity index (χ2v) is 9.55. The molecule has 1 aromatic carbocycles. The zero-order chi connectivity index (χ0) is 20.8. The van der Waals surface area contributed by atoms with Gasteiger partial charge in [-0.1, -0.05) is 51.1 Å². The number of rotatable bonds is 5. The molecular formula is C23H31N3O3. The molecule has 0 radical (unpaired) electrons. The van der Waals surface area contributed by atoms with E-state index in [9.17, 15) is 14.4 Å². The third-order valence-corrected chi connectivity index (χ3v) is 6.75. The maximum atomic E-state index is 13.5. The summed E-state index contributed by atoms with van der Waals surface area (Å²) in [7, 11) is 0. The Morgan fingerprint density at radius 2 is 1.66 bits per heavy atom. The van der Waals surface area contributed by atoms with Crippen LogP contribution in [0.25, 0.3) is 0 Å². The fourth-order valence-electron chi connectivity index (χ4n) is 4.65. The van der Waals surface area contributed by atoms with Crippen LogP contribution in [-0.4, -0.2) is 57.7 Å². The lowest BCUT2D eigenvalue weighted by molar-refractivity contribution is -0.144. The summed E-state index contributed by atoms with van der Waals surface area (Å²) in [6.07, 6.45) is 2.96. The van der Waals surface area contributed by atoms with E-state index in [1.54, 1.807) is 4.90 Å². The summed E-state index contributed by atoms with van der Waals surface area (Å²) >= 11 is 0. The highest BCUT2D eigenvalue weighted by molar-refractivity contribution is 6.07. The summed E-state index contributed by atoms with van der Waals surface area (Å²) < 4.78 is 0. The van der Waals surface area contributed by atoms with Crippen LogP contribution in [0.1, 0.15) is 52.0 Å². The number of piperidine rings is 1. The van der Waals surface area contributed by atoms with Crippen molar-refractivity contribution in [2.24, 2.45) is 11.3 Å². The van der Waals surface area contributed by atoms with E-state index in [1.165, 1.54) is 4.90 Å². The molecule has 4 amide bonds. The molecule has 6 nitrogen and oxygen atoms in total. The Kier molecular flexibility index (Phi) is 4.91. The Morgan fingerprint density at radius 3 is 2.21 bits per heavy atom. The number of urea groups is 1. The van der Waals surface area contributed by atoms with E-state index in [1.807, 2.05) is 42.2 Å². The Labute approximate surface area is 172 Å². The topological polar surface area (TPSA) is 60.9 Å². The first-order valence-electron chi connectivity index (χ1n) is 10.7. The van der Waals surface area contributed by atoms with Gasteiger partial charge in [-0.3, -0.25) is 14.5 Å². The molecular weight excluding hydrogens is 366 g/mol. The van der Waals surface area contributed by atoms with Crippen LogP contribution >= 0.6 is 0 Å². The summed E-state index contributed by atoms with van der Waals surface area (Å²) in [6.45, 7) is 8.10. The van der Waals surface area contributed by atoms with E-state index in [0.29, 0.717) is 39.0 Å². The molecule has 0 N–H and O–H groups in total. The summed E-state index contributed by atoms with van der Waals surface area (Å²) in [4.78, 5) is 44.7. The average Bonchev–Trinajstić information content (AvgIpc) is 3.44. The van der Waals surface area contributed by atoms with Crippen molar-refractivity contribution in [3.05, 3.63) is 35.9 Å². The number of nitrogens with zero attached hydrogens (tertiary/aromatic N) is 3. The van der Waals surface area contributed by atoms with E-state index in [-0.39, 0.29) is 29.2 Å². The van der Waals surface area contributed by atoms with Crippen LogP contribution in [0.15, 0.2) is 30.3 Å². The van der Waals surface area contributed by atoms with Gasteiger partial charge in [-0.05, 0) is 37.2 Å². The number of imide groups is 1. The number of carbonyl (C=O) groups excluding carboxylic acids is 3. The molecule has 3 fully saturated rings. The first-order valence-corrected chi connectivity index (χ1v) is 10.7. The van der Waals surface area contributed by atoms with Gasteiger partial charge in [-0.15, -0.1) is 0 Å². The van der Waals surface area contributed by atoms with Crippen molar-refractivity contribution in [3.8, 4) is 0 Å². The molecule has 1 aliphatic carbocycles. The molecule has 29 heavy (non-hydrogen) atoms. The van der Waals surface area contributed by atoms with Crippen molar-refractivity contribution in [2.45, 2.75) is 58.5 Å². The summed E-state index contributed by atoms with van der Waals surface area (Å²) in [6, 6.07) is 9.46. The average molecular weight is 398 g/mol. The molecule has 3 aliphatic rings. The highest BCUT2D eigenvalue weighted by Crippen LogP contribution is 2.48. The maximum absolute atomic E-state index is 13.5. The number of likely N-dealkylation sites (tertiary alicyclic amines) is 1. The van der Waals surface area contributed by atoms with E-state index in [2.05, 4.69) is 13.8 Å². The van der Waals surface area contributed by atoms with Gasteiger partial charge >= 0.3 is 6.03 Å². The summed E-state index contributed by atoms with van der Waals surface area (Å²) in [5.74, 6) is 0.378. The van der Waals surface area contributed by atoms with Gasteiger partial charge in [-0.2, -0.15) is 0 Å². The molecule has 0 atom stereocenters. The molecule has 1 spiro atoms. The number of benzene rings is 1. The van der Waals surface area contributed by atoms with E-state index >= 15 is 0 Å². The van der Waals surface area contributed by atoms with E-state index in [0.717, 1.165) is 18.4 Å². The molecule has 1 saturated carbocycles. The van der Waals surface area contributed by atoms with Crippen molar-refractivity contribution in [1.29, 1.82) is 0 Å². The van der Waals surface area contributed by atoms with E-state index in [4.69, 9.17) is 0 Å². The van der Waals surface area contributed by atoms with E-state index < -0.39 is 5.54 Å². The Morgan fingerprint density at radius 1 is 1.03 bits per heavy atom. The Balaban J connectivity index is 1.56. The molecule has 6 heteroatoms. The zero-order valence-electron chi connectivity index (χ0n) is 17.7. The second kappa shape index (κ2) is 7.15. The van der Waals surface area contributed by atoms with Crippen LogP contribution in [0.5, 0.6) is 0 Å². The fourth-order valence-corrected chi connectivity index (χ4v) is 4.65. The van der Waals surface area contributed by atoms with Crippen molar-refractivity contribution >= 4 is 17.8 Å². The Hall–Kier alpha value is -2.37. The minimum Gasteiger partial charge on any atom is -0.342 e. The lowest BCUT2D eigenvalue weighted by atomic mass is 9.84. The quantitative estimate of drug-likeness (QED) is 0.717. The van der Waals surface area contributed by atoms with Gasteiger partial charge in [0, 0.05) is 25.0 Å². The van der Waals surface area contributed by atoms with Crippen LogP contribution in [-0.2, 0) is 16.1 Å². The third-order valence-electron chi connectivity index (χ3n) is 6.75. The molecule has 4 rings (SSSR count). The van der Waals surface area contributed by atoms with Gasteiger partial charge in [0.25, 0.3) is 5.91 Å². The number of carbonyl (C=O) groups is 3. The van der Waals surface area contributed by atoms with Gasteiger partial charge in [0.15, 0.2) is 0 Å². The van der Waals surface area contributed by atoms with Crippen LogP contribution in [0.2, 0.25) is 0 Å². The number of hydrogen-bond donors (Lipinski definition) is 0. The first kappa shape index (κ1) is 19.9. The largest absolute Gasteiger partial charge is 0.342 e. The number of hydrogen-bond acceptors (Lipinski definition) is 3. The van der Waals surface area contributed by atoms with Crippen molar-refractivity contribution < 1.29 is 14.4 Å². The monoisotopic (exact) mass is 397 g/mol. The molecule has 0 bridgehead atoms. The van der Waals surface area contributed by atoms with Crippen molar-refractivity contribution in [2.75, 3.05) is 19.6 Å². The smallest absolute Gasteiger partial charge is 0.327 e. The van der Waals surface area contributed by atoms with Gasteiger partial charge in [0.05, 0.1) is 6.54 Å². The lowest BCUT2D eigenvalue weighted by Gasteiger charge is -2.43.